The Balaban J connectivity index is 2.84. The molecule has 0 fully saturated rings. The summed E-state index contributed by atoms with van der Waals surface area (Å²) in [6, 6.07) is 4.11. The maximum Gasteiger partial charge on any atom is 0.0149 e. The normalized spacial score (nSPS) is 9.75. The van der Waals surface area contributed by atoms with Gasteiger partial charge in [-0.3, -0.25) is 0 Å². The van der Waals surface area contributed by atoms with Crippen molar-refractivity contribution in [3.63, 3.8) is 0 Å². The van der Waals surface area contributed by atoms with Crippen molar-refractivity contribution in [1.82, 2.24) is 4.98 Å². The van der Waals surface area contributed by atoms with E-state index < -0.39 is 0 Å². The van der Waals surface area contributed by atoms with E-state index in [0.717, 1.165) is 6.42 Å². The molecule has 1 N–H and O–H groups in total. The number of aryl methyl sites for hydroxylation is 1. The van der Waals surface area contributed by atoms with Crippen molar-refractivity contribution >= 4 is 0 Å². The van der Waals surface area contributed by atoms with Gasteiger partial charge in [0.2, 0.25) is 0 Å². The van der Waals surface area contributed by atoms with Crippen LogP contribution in [-0.4, -0.2) is 4.98 Å². The molecule has 0 aliphatic rings. The van der Waals surface area contributed by atoms with Crippen molar-refractivity contribution in [2.75, 3.05) is 0 Å². The van der Waals surface area contributed by atoms with E-state index in [2.05, 4.69) is 24.0 Å². The van der Waals surface area contributed by atoms with E-state index in [0.29, 0.717) is 0 Å². The van der Waals surface area contributed by atoms with Gasteiger partial charge in [-0.15, -0.1) is 0 Å². The highest BCUT2D eigenvalue weighted by atomic mass is 14.7. The lowest BCUT2D eigenvalue weighted by atomic mass is 10.3. The Labute approximate surface area is 49.7 Å². The maximum atomic E-state index is 3.74. The third kappa shape index (κ3) is 0.915. The molecular formula is C7H10N. The number of H-pyrrole nitrogens is 1. The lowest BCUT2D eigenvalue weighted by Crippen LogP contribution is -1.77. The van der Waals surface area contributed by atoms with Crippen LogP contribution in [0.5, 0.6) is 0 Å². The third-order valence-electron chi connectivity index (χ3n) is 1.16. The number of nitrogens with one attached hydrogen (secondary N) is 1. The molecule has 0 aliphatic carbocycles. The molecule has 0 unspecified atom stereocenters. The minimum absolute atomic E-state index is 0.855. The van der Waals surface area contributed by atoms with Crippen molar-refractivity contribution in [2.24, 2.45) is 0 Å². The summed E-state index contributed by atoms with van der Waals surface area (Å²) in [6.07, 6.45) is 0.855. The molecule has 0 aromatic carbocycles. The van der Waals surface area contributed by atoms with Crippen molar-refractivity contribution in [3.8, 4) is 0 Å². The fourth-order valence-electron chi connectivity index (χ4n) is 0.708. The van der Waals surface area contributed by atoms with Gasteiger partial charge < -0.3 is 4.98 Å². The fraction of sp³-hybridized carbons (Fsp3) is 0.286. The summed E-state index contributed by atoms with van der Waals surface area (Å²) in [5, 5.41) is 0. The van der Waals surface area contributed by atoms with Crippen LogP contribution in [0.15, 0.2) is 12.1 Å². The van der Waals surface area contributed by atoms with E-state index >= 15 is 0 Å². The molecule has 0 amide bonds. The zero-order chi connectivity index (χ0) is 5.98. The molecule has 0 atom stereocenters. The fourth-order valence-corrected chi connectivity index (χ4v) is 0.708. The van der Waals surface area contributed by atoms with Gasteiger partial charge in [-0.25, -0.2) is 0 Å². The van der Waals surface area contributed by atoms with Gasteiger partial charge >= 0.3 is 0 Å². The third-order valence-corrected chi connectivity index (χ3v) is 1.16. The Bertz CT molecular complexity index is 165. The van der Waals surface area contributed by atoms with Crippen molar-refractivity contribution in [2.45, 2.75) is 13.3 Å². The Morgan fingerprint density at radius 3 is 2.62 bits per heavy atom. The molecule has 1 nitrogen and oxygen atoms in total. The lowest BCUT2D eigenvalue weighted by Gasteiger charge is -1.84. The second-order valence-electron chi connectivity index (χ2n) is 1.92. The SMILES string of the molecule is [CH2]Cc1ccc(C)[nH]1. The van der Waals surface area contributed by atoms with Crippen LogP contribution in [0.4, 0.5) is 0 Å². The zero-order valence-corrected chi connectivity index (χ0v) is 5.07. The summed E-state index contributed by atoms with van der Waals surface area (Å²) in [5.41, 5.74) is 2.42. The average Bonchev–Trinajstić information content (AvgIpc) is 2.14. The van der Waals surface area contributed by atoms with Gasteiger partial charge in [-0.1, -0.05) is 0 Å². The second kappa shape index (κ2) is 2.03. The van der Waals surface area contributed by atoms with E-state index in [4.69, 9.17) is 0 Å². The standard InChI is InChI=1S/C7H10N/c1-3-7-5-4-6(2)8-7/h4-5,8H,1,3H2,2H3. The van der Waals surface area contributed by atoms with Gasteiger partial charge in [-0.05, 0) is 32.4 Å². The first kappa shape index (κ1) is 5.42. The van der Waals surface area contributed by atoms with Gasteiger partial charge in [0.15, 0.2) is 0 Å². The van der Waals surface area contributed by atoms with Gasteiger partial charge in [0, 0.05) is 11.4 Å². The molecule has 1 radical (unpaired) electrons. The first-order chi connectivity index (χ1) is 3.83. The molecule has 0 bridgehead atoms. The van der Waals surface area contributed by atoms with Crippen molar-refractivity contribution in [3.05, 3.63) is 30.4 Å². The number of hydrogen-bond donors (Lipinski definition) is 1. The van der Waals surface area contributed by atoms with Crippen LogP contribution >= 0.6 is 0 Å². The van der Waals surface area contributed by atoms with E-state index in [-0.39, 0.29) is 0 Å². The van der Waals surface area contributed by atoms with Gasteiger partial charge in [0.25, 0.3) is 0 Å². The van der Waals surface area contributed by atoms with E-state index in [9.17, 15) is 0 Å². The van der Waals surface area contributed by atoms with E-state index in [1.54, 1.807) is 0 Å². The molecule has 0 saturated heterocycles. The molecule has 1 rings (SSSR count). The molecule has 1 heteroatoms. The quantitative estimate of drug-likeness (QED) is 0.563. The highest BCUT2D eigenvalue weighted by molar-refractivity contribution is 5.11. The number of aromatic amines is 1. The smallest absolute Gasteiger partial charge is 0.0149 e. The Hall–Kier alpha value is -0.720. The number of aromatic nitrogens is 1. The largest absolute Gasteiger partial charge is 0.363 e. The van der Waals surface area contributed by atoms with Crippen LogP contribution in [-0.2, 0) is 6.42 Å². The van der Waals surface area contributed by atoms with Crippen LogP contribution in [0.2, 0.25) is 0 Å². The van der Waals surface area contributed by atoms with Crippen molar-refractivity contribution < 1.29 is 0 Å². The summed E-state index contributed by atoms with van der Waals surface area (Å²) in [7, 11) is 0. The Kier molecular flexibility index (Phi) is 1.38. The second-order valence-corrected chi connectivity index (χ2v) is 1.92. The lowest BCUT2D eigenvalue weighted by molar-refractivity contribution is 1.11. The number of rotatable bonds is 1. The molecule has 1 heterocycles. The molecule has 0 spiro atoms. The monoisotopic (exact) mass is 108 g/mol. The number of hydrogen-bond acceptors (Lipinski definition) is 0. The summed E-state index contributed by atoms with van der Waals surface area (Å²) in [6.45, 7) is 5.78. The van der Waals surface area contributed by atoms with Gasteiger partial charge in [0.05, 0.1) is 0 Å². The predicted molar refractivity (Wildman–Crippen MR) is 34.6 cm³/mol. The molecule has 1 aromatic rings. The Morgan fingerprint density at radius 1 is 1.62 bits per heavy atom. The van der Waals surface area contributed by atoms with E-state index in [1.807, 2.05) is 6.92 Å². The van der Waals surface area contributed by atoms with Crippen LogP contribution in [0, 0.1) is 13.8 Å². The van der Waals surface area contributed by atoms with E-state index in [1.165, 1.54) is 11.4 Å². The molecule has 8 heavy (non-hydrogen) atoms. The van der Waals surface area contributed by atoms with Crippen LogP contribution < -0.4 is 0 Å². The average molecular weight is 108 g/mol. The molecular weight excluding hydrogens is 98.1 g/mol. The Morgan fingerprint density at radius 2 is 2.38 bits per heavy atom. The van der Waals surface area contributed by atoms with Gasteiger partial charge in [-0.2, -0.15) is 0 Å². The molecule has 43 valence electrons. The highest BCUT2D eigenvalue weighted by Gasteiger charge is 1.87. The topological polar surface area (TPSA) is 15.8 Å². The van der Waals surface area contributed by atoms with Crippen LogP contribution in [0.1, 0.15) is 11.4 Å². The molecule has 0 aliphatic heterocycles. The van der Waals surface area contributed by atoms with Gasteiger partial charge in [0.1, 0.15) is 0 Å². The summed E-state index contributed by atoms with van der Waals surface area (Å²) < 4.78 is 0. The zero-order valence-electron chi connectivity index (χ0n) is 5.07. The molecule has 1 aromatic heterocycles. The first-order valence-corrected chi connectivity index (χ1v) is 2.76. The first-order valence-electron chi connectivity index (χ1n) is 2.76. The van der Waals surface area contributed by atoms with Crippen LogP contribution in [0.3, 0.4) is 0 Å². The summed E-state index contributed by atoms with van der Waals surface area (Å²) in [4.78, 5) is 3.16. The minimum Gasteiger partial charge on any atom is -0.363 e. The highest BCUT2D eigenvalue weighted by Crippen LogP contribution is 1.98. The minimum atomic E-state index is 0.855. The maximum absolute atomic E-state index is 3.74. The van der Waals surface area contributed by atoms with Crippen molar-refractivity contribution in [1.29, 1.82) is 0 Å². The summed E-state index contributed by atoms with van der Waals surface area (Å²) in [5.74, 6) is 0. The molecule has 0 saturated carbocycles. The predicted octanol–water partition coefficient (Wildman–Crippen LogP) is 1.70. The van der Waals surface area contributed by atoms with Crippen LogP contribution in [0.25, 0.3) is 0 Å². The summed E-state index contributed by atoms with van der Waals surface area (Å²) >= 11 is 0.